The zero-order chi connectivity index (χ0) is 23.4. The number of amides is 1. The summed E-state index contributed by atoms with van der Waals surface area (Å²) in [5, 5.41) is 6.06. The van der Waals surface area contributed by atoms with E-state index in [0.717, 1.165) is 16.8 Å². The summed E-state index contributed by atoms with van der Waals surface area (Å²) >= 11 is 7.98. The number of carbonyl (C=O) groups is 2. The molecule has 7 nitrogen and oxygen atoms in total. The average molecular weight is 483 g/mol. The number of amidine groups is 1. The number of nitrogens with zero attached hydrogens (tertiary/aromatic N) is 3. The number of carbonyl (C=O) groups excluding carboxylic acids is 2. The molecule has 3 heterocycles. The summed E-state index contributed by atoms with van der Waals surface area (Å²) in [5.74, 6) is -0.581. The van der Waals surface area contributed by atoms with Gasteiger partial charge in [0.15, 0.2) is 5.17 Å². The number of esters is 1. The molecule has 0 saturated carbocycles. The molecule has 0 aliphatic carbocycles. The van der Waals surface area contributed by atoms with Crippen molar-refractivity contribution in [2.75, 3.05) is 6.61 Å². The number of ether oxygens (including phenoxy) is 1. The molecule has 0 saturated heterocycles. The molecule has 0 radical (unpaired) electrons. The number of fused-ring (bicyclic) bond motifs is 1. The van der Waals surface area contributed by atoms with Crippen LogP contribution in [0, 0.1) is 0 Å². The van der Waals surface area contributed by atoms with E-state index in [4.69, 9.17) is 16.3 Å². The maximum atomic E-state index is 13.0. The third-order valence-corrected chi connectivity index (χ3v) is 6.51. The van der Waals surface area contributed by atoms with Crippen molar-refractivity contribution in [3.63, 3.8) is 0 Å². The van der Waals surface area contributed by atoms with E-state index in [0.29, 0.717) is 28.0 Å². The fraction of sp³-hybridized carbons (Fsp3) is 0.250. The molecule has 1 N–H and O–H groups in total. The molecule has 0 spiro atoms. The monoisotopic (exact) mass is 482 g/mol. The Labute approximate surface area is 201 Å². The fourth-order valence-electron chi connectivity index (χ4n) is 3.76. The number of hydrogen-bond acceptors (Lipinski definition) is 7. The third-order valence-electron chi connectivity index (χ3n) is 5.28. The molecular weight excluding hydrogens is 460 g/mol. The highest BCUT2D eigenvalue weighted by Gasteiger charge is 2.41. The zero-order valence-electron chi connectivity index (χ0n) is 18.2. The summed E-state index contributed by atoms with van der Waals surface area (Å²) in [6.07, 6.45) is 3.51. The second-order valence-electron chi connectivity index (χ2n) is 7.44. The van der Waals surface area contributed by atoms with E-state index in [1.165, 1.54) is 11.8 Å². The molecule has 1 amide bonds. The van der Waals surface area contributed by atoms with Crippen LogP contribution in [0.1, 0.15) is 37.4 Å². The minimum atomic E-state index is -0.542. The molecule has 0 fully saturated rings. The zero-order valence-corrected chi connectivity index (χ0v) is 19.8. The molecule has 1 aromatic heterocycles. The van der Waals surface area contributed by atoms with Crippen LogP contribution in [0.4, 0.5) is 0 Å². The lowest BCUT2D eigenvalue weighted by atomic mass is 9.93. The molecule has 33 heavy (non-hydrogen) atoms. The van der Waals surface area contributed by atoms with Gasteiger partial charge in [-0.25, -0.2) is 9.79 Å². The normalized spacial score (nSPS) is 17.3. The highest BCUT2D eigenvalue weighted by Crippen LogP contribution is 2.46. The Hall–Kier alpha value is -3.10. The maximum Gasteiger partial charge on any atom is 0.338 e. The number of thioether (sulfide) groups is 1. The van der Waals surface area contributed by atoms with Crippen molar-refractivity contribution in [3.8, 4) is 0 Å². The first kappa shape index (κ1) is 23.1. The molecular formula is C24H23ClN4O3S. The topological polar surface area (TPSA) is 83.9 Å². The highest BCUT2D eigenvalue weighted by molar-refractivity contribution is 8.16. The van der Waals surface area contributed by atoms with Gasteiger partial charge in [-0.1, -0.05) is 41.6 Å². The minimum absolute atomic E-state index is 0.132. The molecule has 2 aliphatic rings. The smallest absolute Gasteiger partial charge is 0.338 e. The predicted molar refractivity (Wildman–Crippen MR) is 129 cm³/mol. The van der Waals surface area contributed by atoms with Crippen LogP contribution in [0.2, 0.25) is 5.02 Å². The van der Waals surface area contributed by atoms with E-state index >= 15 is 0 Å². The van der Waals surface area contributed by atoms with Crippen molar-refractivity contribution >= 4 is 40.4 Å². The second kappa shape index (κ2) is 10.2. The van der Waals surface area contributed by atoms with Crippen LogP contribution in [0.5, 0.6) is 0 Å². The van der Waals surface area contributed by atoms with Crippen LogP contribution >= 0.6 is 23.4 Å². The lowest BCUT2D eigenvalue weighted by Gasteiger charge is -2.36. The lowest BCUT2D eigenvalue weighted by Crippen LogP contribution is -2.38. The Balaban J connectivity index is 1.62. The highest BCUT2D eigenvalue weighted by atomic mass is 35.5. The van der Waals surface area contributed by atoms with Crippen molar-refractivity contribution in [1.29, 1.82) is 0 Å². The first-order chi connectivity index (χ1) is 16.0. The maximum absolute atomic E-state index is 13.0. The van der Waals surface area contributed by atoms with Crippen molar-refractivity contribution in [2.24, 2.45) is 4.99 Å². The summed E-state index contributed by atoms with van der Waals surface area (Å²) in [6.45, 7) is 4.21. The number of aromatic nitrogens is 1. The van der Waals surface area contributed by atoms with E-state index in [-0.39, 0.29) is 18.9 Å². The van der Waals surface area contributed by atoms with Gasteiger partial charge < -0.3 is 15.0 Å². The van der Waals surface area contributed by atoms with Gasteiger partial charge in [0, 0.05) is 29.7 Å². The summed E-state index contributed by atoms with van der Waals surface area (Å²) in [7, 11) is 0. The van der Waals surface area contributed by atoms with E-state index in [2.05, 4.69) is 15.3 Å². The number of allylic oxidation sites excluding steroid dienone is 1. The van der Waals surface area contributed by atoms with Crippen LogP contribution in [0.15, 0.2) is 76.2 Å². The van der Waals surface area contributed by atoms with Crippen molar-refractivity contribution in [3.05, 3.63) is 87.3 Å². The molecule has 2 aliphatic heterocycles. The Morgan fingerprint density at radius 2 is 1.97 bits per heavy atom. The first-order valence-corrected chi connectivity index (χ1v) is 11.8. The van der Waals surface area contributed by atoms with Gasteiger partial charge in [-0.3, -0.25) is 9.78 Å². The molecule has 1 atom stereocenters. The molecule has 0 unspecified atom stereocenters. The van der Waals surface area contributed by atoms with Crippen LogP contribution in [-0.4, -0.2) is 33.5 Å². The van der Waals surface area contributed by atoms with Crippen LogP contribution in [-0.2, 0) is 20.9 Å². The van der Waals surface area contributed by atoms with E-state index in [9.17, 15) is 9.59 Å². The minimum Gasteiger partial charge on any atom is -0.463 e. The average Bonchev–Trinajstić information content (AvgIpc) is 3.20. The number of rotatable bonds is 7. The van der Waals surface area contributed by atoms with Gasteiger partial charge in [0.1, 0.15) is 0 Å². The van der Waals surface area contributed by atoms with E-state index in [1.807, 2.05) is 40.6 Å². The molecule has 0 bridgehead atoms. The lowest BCUT2D eigenvalue weighted by molar-refractivity contribution is -0.139. The summed E-state index contributed by atoms with van der Waals surface area (Å²) < 4.78 is 5.35. The van der Waals surface area contributed by atoms with Crippen LogP contribution < -0.4 is 5.32 Å². The van der Waals surface area contributed by atoms with Gasteiger partial charge in [0.05, 0.1) is 30.3 Å². The van der Waals surface area contributed by atoms with Gasteiger partial charge in [0.25, 0.3) is 0 Å². The predicted octanol–water partition coefficient (Wildman–Crippen LogP) is 4.58. The largest absolute Gasteiger partial charge is 0.463 e. The van der Waals surface area contributed by atoms with Crippen LogP contribution in [0.25, 0.3) is 0 Å². The van der Waals surface area contributed by atoms with Crippen molar-refractivity contribution < 1.29 is 14.3 Å². The number of hydrogen-bond donors (Lipinski definition) is 1. The molecule has 1 aromatic carbocycles. The molecule has 4 rings (SSSR count). The Kier molecular flexibility index (Phi) is 7.15. The SMILES string of the molecule is CCOC(=O)C1=C(C)N=C2SC=C(CC(=O)NCc3ccncc3)N2[C@H]1c1ccccc1Cl. The number of nitrogens with one attached hydrogen (secondary N) is 1. The molecule has 170 valence electrons. The third kappa shape index (κ3) is 4.96. The van der Waals surface area contributed by atoms with E-state index in [1.54, 1.807) is 32.3 Å². The van der Waals surface area contributed by atoms with Crippen molar-refractivity contribution in [2.45, 2.75) is 32.9 Å². The first-order valence-electron chi connectivity index (χ1n) is 10.5. The molecule has 9 heteroatoms. The van der Waals surface area contributed by atoms with Crippen LogP contribution in [0.3, 0.4) is 0 Å². The van der Waals surface area contributed by atoms with Crippen molar-refractivity contribution in [1.82, 2.24) is 15.2 Å². The van der Waals surface area contributed by atoms with Gasteiger partial charge in [-0.15, -0.1) is 0 Å². The van der Waals surface area contributed by atoms with E-state index < -0.39 is 12.0 Å². The second-order valence-corrected chi connectivity index (χ2v) is 8.69. The van der Waals surface area contributed by atoms with Gasteiger partial charge in [-0.05, 0) is 48.6 Å². The van der Waals surface area contributed by atoms with Gasteiger partial charge >= 0.3 is 5.97 Å². The Morgan fingerprint density at radius 3 is 2.70 bits per heavy atom. The molecule has 2 aromatic rings. The van der Waals surface area contributed by atoms with Gasteiger partial charge in [-0.2, -0.15) is 0 Å². The summed E-state index contributed by atoms with van der Waals surface area (Å²) in [5.41, 5.74) is 3.45. The van der Waals surface area contributed by atoms with Gasteiger partial charge in [0.2, 0.25) is 5.91 Å². The Bertz CT molecular complexity index is 1160. The standard InChI is InChI=1S/C24H23ClN4O3S/c1-3-32-23(31)21-15(2)28-24-29(22(21)18-6-4-5-7-19(18)25)17(14-33-24)12-20(30)27-13-16-8-10-26-11-9-16/h4-11,14,22H,3,12-13H2,1-2H3,(H,27,30)/t22-/m0/s1. The number of halogens is 1. The number of pyridine rings is 1. The summed E-state index contributed by atoms with van der Waals surface area (Å²) in [6, 6.07) is 10.5. The Morgan fingerprint density at radius 1 is 1.21 bits per heavy atom. The quantitative estimate of drug-likeness (QED) is 0.581. The number of aliphatic imine (C=N–C) groups is 1. The fourth-order valence-corrected chi connectivity index (χ4v) is 4.96. The summed E-state index contributed by atoms with van der Waals surface area (Å²) in [4.78, 5) is 36.3. The number of benzene rings is 1.